The van der Waals surface area contributed by atoms with E-state index in [1.165, 1.54) is 11.0 Å². The summed E-state index contributed by atoms with van der Waals surface area (Å²) in [5, 5.41) is 0. The average Bonchev–Trinajstić information content (AvgIpc) is 3.02. The minimum atomic E-state index is -3.59. The van der Waals surface area contributed by atoms with Gasteiger partial charge in [-0.05, 0) is 36.8 Å². The van der Waals surface area contributed by atoms with Crippen LogP contribution in [0.15, 0.2) is 58.4 Å². The third-order valence-electron chi connectivity index (χ3n) is 4.97. The minimum Gasteiger partial charge on any atom is -0.345 e. The molecule has 2 aromatic rings. The molecule has 1 aliphatic heterocycles. The number of hydrogen-bond acceptors (Lipinski definition) is 5. The highest BCUT2D eigenvalue weighted by Crippen LogP contribution is 2.22. The van der Waals surface area contributed by atoms with Gasteiger partial charge >= 0.3 is 0 Å². The number of nitrogens with one attached hydrogen (secondary N) is 1. The van der Waals surface area contributed by atoms with E-state index in [2.05, 4.69) is 9.71 Å². The minimum absolute atomic E-state index is 0.0711. The van der Waals surface area contributed by atoms with Crippen LogP contribution in [0.3, 0.4) is 0 Å². The molecular weight excluding hydrogens is 416 g/mol. The molecule has 3 rings (SSSR count). The Labute approximate surface area is 182 Å². The zero-order chi connectivity index (χ0) is 22.6. The summed E-state index contributed by atoms with van der Waals surface area (Å²) in [5.74, 6) is 0.125. The van der Waals surface area contributed by atoms with Crippen LogP contribution >= 0.6 is 0 Å². The summed E-state index contributed by atoms with van der Waals surface area (Å²) < 4.78 is 26.7. The van der Waals surface area contributed by atoms with Gasteiger partial charge < -0.3 is 9.80 Å². The van der Waals surface area contributed by atoms with Crippen LogP contribution < -0.4 is 4.72 Å². The number of sulfonamides is 1. The van der Waals surface area contributed by atoms with Crippen LogP contribution in [-0.4, -0.2) is 63.1 Å². The smallest absolute Gasteiger partial charge is 0.263 e. The van der Waals surface area contributed by atoms with Gasteiger partial charge in [0.2, 0.25) is 5.91 Å². The molecule has 0 saturated heterocycles. The molecule has 8 nitrogen and oxygen atoms in total. The molecule has 0 fully saturated rings. The molecule has 0 bridgehead atoms. The zero-order valence-electron chi connectivity index (χ0n) is 17.8. The van der Waals surface area contributed by atoms with Crippen LogP contribution in [0.5, 0.6) is 0 Å². The summed E-state index contributed by atoms with van der Waals surface area (Å²) in [4.78, 5) is 32.4. The van der Waals surface area contributed by atoms with Crippen molar-refractivity contribution in [2.24, 2.45) is 4.99 Å². The van der Waals surface area contributed by atoms with Crippen molar-refractivity contribution in [1.82, 2.24) is 14.5 Å². The first-order valence-electron chi connectivity index (χ1n) is 9.98. The fraction of sp³-hybridized carbons (Fsp3) is 0.318. The predicted molar refractivity (Wildman–Crippen MR) is 118 cm³/mol. The van der Waals surface area contributed by atoms with E-state index in [1.54, 1.807) is 49.3 Å². The maximum absolute atomic E-state index is 12.6. The summed E-state index contributed by atoms with van der Waals surface area (Å²) >= 11 is 0. The second-order valence-electron chi connectivity index (χ2n) is 7.39. The van der Waals surface area contributed by atoms with E-state index < -0.39 is 10.0 Å². The van der Waals surface area contributed by atoms with Gasteiger partial charge in [0.1, 0.15) is 5.84 Å². The highest BCUT2D eigenvalue weighted by Gasteiger charge is 2.30. The Morgan fingerprint density at radius 2 is 1.71 bits per heavy atom. The molecule has 0 aliphatic carbocycles. The summed E-state index contributed by atoms with van der Waals surface area (Å²) in [7, 11) is -0.184. The topological polar surface area (TPSA) is 99.2 Å². The van der Waals surface area contributed by atoms with Crippen molar-refractivity contribution < 1.29 is 18.0 Å². The molecule has 9 heteroatoms. The molecule has 1 N–H and O–H groups in total. The first-order valence-corrected chi connectivity index (χ1v) is 11.5. The normalized spacial score (nSPS) is 15.3. The molecule has 0 aromatic heterocycles. The third-order valence-corrected chi connectivity index (χ3v) is 6.37. The summed E-state index contributed by atoms with van der Waals surface area (Å²) in [6, 6.07) is 13.8. The molecular formula is C22H26N4O4S. The molecule has 164 valence electrons. The van der Waals surface area contributed by atoms with Gasteiger partial charge in [-0.2, -0.15) is 0 Å². The fourth-order valence-corrected chi connectivity index (χ4v) is 4.53. The molecule has 2 amide bonds. The lowest BCUT2D eigenvalue weighted by molar-refractivity contribution is -0.131. The van der Waals surface area contributed by atoms with E-state index in [0.29, 0.717) is 24.2 Å². The van der Waals surface area contributed by atoms with E-state index in [-0.39, 0.29) is 35.5 Å². The number of hydrogen-bond donors (Lipinski definition) is 1. The van der Waals surface area contributed by atoms with E-state index in [9.17, 15) is 18.0 Å². The van der Waals surface area contributed by atoms with Gasteiger partial charge in [-0.25, -0.2) is 8.42 Å². The summed E-state index contributed by atoms with van der Waals surface area (Å²) in [6.45, 7) is 3.04. The Hall–Kier alpha value is -3.20. The lowest BCUT2D eigenvalue weighted by atomic mass is 10.1. The quantitative estimate of drug-likeness (QED) is 0.708. The first-order chi connectivity index (χ1) is 14.7. The molecule has 1 heterocycles. The lowest BCUT2D eigenvalue weighted by Crippen LogP contribution is -2.31. The highest BCUT2D eigenvalue weighted by atomic mass is 32.2. The number of benzene rings is 2. The number of aliphatic imine (C=N–C) groups is 1. The van der Waals surface area contributed by atoms with E-state index in [1.807, 2.05) is 19.1 Å². The van der Waals surface area contributed by atoms with Gasteiger partial charge in [0.15, 0.2) is 0 Å². The van der Waals surface area contributed by atoms with Crippen molar-refractivity contribution in [1.29, 1.82) is 0 Å². The summed E-state index contributed by atoms with van der Waals surface area (Å²) in [5.41, 5.74) is 2.04. The Kier molecular flexibility index (Phi) is 6.74. The van der Waals surface area contributed by atoms with Gasteiger partial charge in [-0.1, -0.05) is 24.3 Å². The van der Waals surface area contributed by atoms with Crippen molar-refractivity contribution in [3.63, 3.8) is 0 Å². The number of amides is 2. The van der Waals surface area contributed by atoms with Gasteiger partial charge in [0.05, 0.1) is 11.4 Å². The molecule has 0 atom stereocenters. The van der Waals surface area contributed by atoms with Crippen LogP contribution in [-0.2, 0) is 21.4 Å². The number of carbonyl (C=O) groups excluding carboxylic acids is 2. The summed E-state index contributed by atoms with van der Waals surface area (Å²) in [6.07, 6.45) is 0.165. The van der Waals surface area contributed by atoms with Gasteiger partial charge in [0.25, 0.3) is 15.9 Å². The fourth-order valence-electron chi connectivity index (χ4n) is 3.28. The van der Waals surface area contributed by atoms with Crippen molar-refractivity contribution in [3.05, 3.63) is 65.2 Å². The number of rotatable bonds is 7. The van der Waals surface area contributed by atoms with Crippen molar-refractivity contribution >= 4 is 27.7 Å². The number of nitrogens with zero attached hydrogens (tertiary/aromatic N) is 3. The van der Waals surface area contributed by atoms with Crippen LogP contribution in [0.25, 0.3) is 0 Å². The monoisotopic (exact) mass is 442 g/mol. The maximum atomic E-state index is 12.6. The standard InChI is InChI=1S/C22H26N4O4S/c1-4-26(15-16-9-11-17(12-10-16)22(28)25(2)3)20(27)13-14-23-21-18-7-5-6-8-19(18)31(29,30)24-21/h5-12H,4,13-15H2,1-3H3,(H,23,24). The Morgan fingerprint density at radius 1 is 1.03 bits per heavy atom. The predicted octanol–water partition coefficient (Wildman–Crippen LogP) is 1.87. The second kappa shape index (κ2) is 9.30. The Bertz CT molecular complexity index is 1110. The molecule has 31 heavy (non-hydrogen) atoms. The number of carbonyl (C=O) groups is 2. The van der Waals surface area contributed by atoms with Gasteiger partial charge in [0, 0.05) is 44.7 Å². The Morgan fingerprint density at radius 3 is 2.35 bits per heavy atom. The van der Waals surface area contributed by atoms with Crippen molar-refractivity contribution in [3.8, 4) is 0 Å². The van der Waals surface area contributed by atoms with Gasteiger partial charge in [-0.15, -0.1) is 0 Å². The van der Waals surface area contributed by atoms with Crippen LogP contribution in [0, 0.1) is 0 Å². The molecule has 0 saturated carbocycles. The SMILES string of the molecule is CCN(Cc1ccc(C(=O)N(C)C)cc1)C(=O)CCN=C1NS(=O)(=O)c2ccccc21. The zero-order valence-corrected chi connectivity index (χ0v) is 18.6. The van der Waals surface area contributed by atoms with Crippen LogP contribution in [0.1, 0.15) is 34.8 Å². The van der Waals surface area contributed by atoms with E-state index >= 15 is 0 Å². The largest absolute Gasteiger partial charge is 0.345 e. The van der Waals surface area contributed by atoms with E-state index in [4.69, 9.17) is 0 Å². The number of amidine groups is 1. The maximum Gasteiger partial charge on any atom is 0.263 e. The van der Waals surface area contributed by atoms with Crippen LogP contribution in [0.4, 0.5) is 0 Å². The molecule has 0 unspecified atom stereocenters. The number of fused-ring (bicyclic) bond motifs is 1. The highest BCUT2D eigenvalue weighted by molar-refractivity contribution is 7.90. The molecule has 0 radical (unpaired) electrons. The third kappa shape index (κ3) is 5.11. The Balaban J connectivity index is 1.61. The second-order valence-corrected chi connectivity index (χ2v) is 9.04. The molecule has 0 spiro atoms. The lowest BCUT2D eigenvalue weighted by Gasteiger charge is -2.21. The van der Waals surface area contributed by atoms with E-state index in [0.717, 1.165) is 5.56 Å². The van der Waals surface area contributed by atoms with Crippen molar-refractivity contribution in [2.75, 3.05) is 27.2 Å². The molecule has 2 aromatic carbocycles. The first kappa shape index (κ1) is 22.5. The van der Waals surface area contributed by atoms with Gasteiger partial charge in [-0.3, -0.25) is 19.3 Å². The van der Waals surface area contributed by atoms with Crippen molar-refractivity contribution in [2.45, 2.75) is 24.8 Å². The van der Waals surface area contributed by atoms with Crippen LogP contribution in [0.2, 0.25) is 0 Å². The average molecular weight is 443 g/mol. The molecule has 1 aliphatic rings.